The molecule has 1 amide bonds. The lowest BCUT2D eigenvalue weighted by Crippen LogP contribution is -2.21. The molecule has 2 rings (SSSR count). The Hall–Kier alpha value is -2.54. The van der Waals surface area contributed by atoms with Crippen LogP contribution in [0.25, 0.3) is 27.4 Å². The zero-order valence-electron chi connectivity index (χ0n) is 14.8. The molecule has 25 heavy (non-hydrogen) atoms. The van der Waals surface area contributed by atoms with E-state index in [1.807, 2.05) is 35.0 Å². The predicted molar refractivity (Wildman–Crippen MR) is 102 cm³/mol. The van der Waals surface area contributed by atoms with Crippen molar-refractivity contribution in [1.29, 1.82) is 0 Å². The van der Waals surface area contributed by atoms with Gasteiger partial charge in [-0.1, -0.05) is 43.0 Å². The molecule has 0 fully saturated rings. The zero-order valence-corrected chi connectivity index (χ0v) is 15.8. The maximum absolute atomic E-state index is 11.4. The second-order valence-electron chi connectivity index (χ2n) is 7.00. The maximum atomic E-state index is 11.4. The lowest BCUT2D eigenvalue weighted by Gasteiger charge is -2.15. The molecule has 2 aromatic rings. The van der Waals surface area contributed by atoms with E-state index in [4.69, 9.17) is 16.0 Å². The van der Waals surface area contributed by atoms with E-state index in [-0.39, 0.29) is 5.70 Å². The first kappa shape index (κ1) is 18.8. The van der Waals surface area contributed by atoms with Crippen LogP contribution in [-0.2, 0) is 16.3 Å². The highest BCUT2D eigenvalue weighted by Crippen LogP contribution is 2.24. The minimum Gasteiger partial charge on any atom is -0.366 e. The third kappa shape index (κ3) is 5.22. The number of benzene rings is 1. The molecule has 0 atom stereocenters. The Bertz CT molecular complexity index is 840. The molecule has 1 heterocycles. The molecular weight excluding hydrogens is 334 g/mol. The number of aromatic nitrogens is 1. The summed E-state index contributed by atoms with van der Waals surface area (Å²) >= 11 is 0. The smallest absolute Gasteiger partial charge is 0.251 e. The first-order valence-corrected chi connectivity index (χ1v) is 11.7. The standard InChI is InChI=1S/C17H23N5O2Si/c1-25(2,3)9-8-24-12-22-11-13(10-15(17(18)23)20-21-19)14-6-4-5-7-16(14)22/h4-7,10-11H,8-9,12H2,1-3H3,(H2,18,23)/b15-10+. The fourth-order valence-electron chi connectivity index (χ4n) is 2.38. The van der Waals surface area contributed by atoms with Crippen LogP contribution in [0, 0.1) is 0 Å². The molecule has 0 aliphatic heterocycles. The van der Waals surface area contributed by atoms with Gasteiger partial charge in [0.1, 0.15) is 12.4 Å². The molecule has 7 nitrogen and oxygen atoms in total. The highest BCUT2D eigenvalue weighted by Gasteiger charge is 2.13. The van der Waals surface area contributed by atoms with Gasteiger partial charge in [-0.05, 0) is 23.7 Å². The van der Waals surface area contributed by atoms with Gasteiger partial charge >= 0.3 is 0 Å². The van der Waals surface area contributed by atoms with E-state index in [9.17, 15) is 4.79 Å². The van der Waals surface area contributed by atoms with E-state index >= 15 is 0 Å². The molecule has 132 valence electrons. The summed E-state index contributed by atoms with van der Waals surface area (Å²) in [6.45, 7) is 8.08. The van der Waals surface area contributed by atoms with Crippen molar-refractivity contribution in [3.8, 4) is 0 Å². The van der Waals surface area contributed by atoms with Gasteiger partial charge in [-0.2, -0.15) is 0 Å². The summed E-state index contributed by atoms with van der Waals surface area (Å²) in [6.07, 6.45) is 3.37. The molecule has 1 aromatic carbocycles. The van der Waals surface area contributed by atoms with E-state index < -0.39 is 14.0 Å². The van der Waals surface area contributed by atoms with Gasteiger partial charge in [-0.3, -0.25) is 4.79 Å². The Labute approximate surface area is 147 Å². The largest absolute Gasteiger partial charge is 0.366 e. The van der Waals surface area contributed by atoms with Gasteiger partial charge in [0.05, 0.1) is 5.52 Å². The van der Waals surface area contributed by atoms with E-state index in [0.29, 0.717) is 6.73 Å². The third-order valence-electron chi connectivity index (χ3n) is 3.74. The molecule has 1 aromatic heterocycles. The molecule has 2 N–H and O–H groups in total. The average molecular weight is 357 g/mol. The molecule has 0 saturated heterocycles. The molecule has 0 bridgehead atoms. The summed E-state index contributed by atoms with van der Waals surface area (Å²) in [5.74, 6) is -0.763. The number of ether oxygens (including phenoxy) is 1. The highest BCUT2D eigenvalue weighted by atomic mass is 28.3. The van der Waals surface area contributed by atoms with Gasteiger partial charge in [-0.15, -0.1) is 0 Å². The summed E-state index contributed by atoms with van der Waals surface area (Å²) < 4.78 is 7.79. The monoisotopic (exact) mass is 357 g/mol. The van der Waals surface area contributed by atoms with Crippen molar-refractivity contribution in [3.05, 3.63) is 52.2 Å². The minimum atomic E-state index is -1.13. The SMILES string of the molecule is C[Si](C)(C)CCOCn1cc(/C=C(/N=[N+]=[N-])C(N)=O)c2ccccc21. The molecule has 0 aliphatic carbocycles. The van der Waals surface area contributed by atoms with Crippen LogP contribution in [0.1, 0.15) is 5.56 Å². The number of nitrogens with two attached hydrogens (primary N) is 1. The van der Waals surface area contributed by atoms with Crippen molar-refractivity contribution < 1.29 is 9.53 Å². The topological polar surface area (TPSA) is 106 Å². The normalized spacial score (nSPS) is 12.2. The number of carbonyl (C=O) groups excluding carboxylic acids is 1. The molecule has 0 aliphatic rings. The van der Waals surface area contributed by atoms with Gasteiger partial charge in [0, 0.05) is 36.7 Å². The minimum absolute atomic E-state index is 0.120. The summed E-state index contributed by atoms with van der Waals surface area (Å²) in [4.78, 5) is 14.1. The number of amides is 1. The number of primary amides is 1. The zero-order chi connectivity index (χ0) is 18.4. The van der Waals surface area contributed by atoms with Crippen molar-refractivity contribution in [3.63, 3.8) is 0 Å². The number of azide groups is 1. The van der Waals surface area contributed by atoms with E-state index in [0.717, 1.165) is 29.1 Å². The van der Waals surface area contributed by atoms with Gasteiger partial charge in [0.25, 0.3) is 5.91 Å². The van der Waals surface area contributed by atoms with E-state index in [1.54, 1.807) is 0 Å². The lowest BCUT2D eigenvalue weighted by atomic mass is 10.1. The Balaban J connectivity index is 2.29. The molecule has 0 radical (unpaired) electrons. The summed E-state index contributed by atoms with van der Waals surface area (Å²) in [7, 11) is -1.13. The Kier molecular flexibility index (Phi) is 6.03. The van der Waals surface area contributed by atoms with E-state index in [1.165, 1.54) is 6.08 Å². The molecular formula is C17H23N5O2Si. The number of hydrogen-bond donors (Lipinski definition) is 1. The third-order valence-corrected chi connectivity index (χ3v) is 5.45. The van der Waals surface area contributed by atoms with Crippen molar-refractivity contribution in [2.75, 3.05) is 6.61 Å². The molecule has 0 spiro atoms. The number of fused-ring (bicyclic) bond motifs is 1. The van der Waals surface area contributed by atoms with Crippen molar-refractivity contribution in [2.45, 2.75) is 32.4 Å². The highest BCUT2D eigenvalue weighted by molar-refractivity contribution is 6.76. The number of rotatable bonds is 8. The molecule has 8 heteroatoms. The summed E-state index contributed by atoms with van der Waals surface area (Å²) in [6, 6.07) is 8.87. The number of hydrogen-bond acceptors (Lipinski definition) is 3. The van der Waals surface area contributed by atoms with Crippen molar-refractivity contribution in [2.24, 2.45) is 10.8 Å². The fraction of sp³-hybridized carbons (Fsp3) is 0.353. The van der Waals surface area contributed by atoms with Crippen LogP contribution in [0.5, 0.6) is 0 Å². The lowest BCUT2D eigenvalue weighted by molar-refractivity contribution is -0.114. The van der Waals surface area contributed by atoms with Gasteiger partial charge < -0.3 is 15.0 Å². The fourth-order valence-corrected chi connectivity index (χ4v) is 3.14. The van der Waals surface area contributed by atoms with Crippen molar-refractivity contribution >= 4 is 31.0 Å². The first-order chi connectivity index (χ1) is 11.8. The number of nitrogens with zero attached hydrogens (tertiary/aromatic N) is 4. The Morgan fingerprint density at radius 1 is 1.40 bits per heavy atom. The quantitative estimate of drug-likeness (QED) is 0.192. The number of para-hydroxylation sites is 1. The van der Waals surface area contributed by atoms with Gasteiger partial charge in [-0.25, -0.2) is 0 Å². The second-order valence-corrected chi connectivity index (χ2v) is 12.6. The summed E-state index contributed by atoms with van der Waals surface area (Å²) in [5.41, 5.74) is 15.5. The Morgan fingerprint density at radius 3 is 2.76 bits per heavy atom. The average Bonchev–Trinajstić information content (AvgIpc) is 2.88. The van der Waals surface area contributed by atoms with Crippen LogP contribution >= 0.6 is 0 Å². The number of carbonyl (C=O) groups is 1. The van der Waals surface area contributed by atoms with Crippen molar-refractivity contribution in [1.82, 2.24) is 4.57 Å². The predicted octanol–water partition coefficient (Wildman–Crippen LogP) is 4.09. The van der Waals surface area contributed by atoms with E-state index in [2.05, 4.69) is 29.7 Å². The Morgan fingerprint density at radius 2 is 2.12 bits per heavy atom. The van der Waals surface area contributed by atoms with Gasteiger partial charge in [0.15, 0.2) is 0 Å². The van der Waals surface area contributed by atoms with Crippen LogP contribution in [0.15, 0.2) is 41.3 Å². The summed E-state index contributed by atoms with van der Waals surface area (Å²) in [5, 5.41) is 4.30. The van der Waals surface area contributed by atoms with Crippen LogP contribution in [0.3, 0.4) is 0 Å². The molecule has 0 saturated carbocycles. The van der Waals surface area contributed by atoms with Crippen LogP contribution in [0.4, 0.5) is 0 Å². The second kappa shape index (κ2) is 8.02. The maximum Gasteiger partial charge on any atom is 0.251 e. The first-order valence-electron chi connectivity index (χ1n) is 8.04. The van der Waals surface area contributed by atoms with Crippen LogP contribution in [0.2, 0.25) is 25.7 Å². The molecule has 0 unspecified atom stereocenters. The van der Waals surface area contributed by atoms with Crippen LogP contribution < -0.4 is 5.73 Å². The van der Waals surface area contributed by atoms with Gasteiger partial charge in [0.2, 0.25) is 0 Å². The van der Waals surface area contributed by atoms with Crippen LogP contribution in [-0.4, -0.2) is 25.2 Å².